The van der Waals surface area contributed by atoms with E-state index < -0.39 is 6.10 Å². The fourth-order valence-corrected chi connectivity index (χ4v) is 10.6. The van der Waals surface area contributed by atoms with Crippen LogP contribution >= 0.6 is 0 Å². The van der Waals surface area contributed by atoms with E-state index in [2.05, 4.69) is 81.5 Å². The predicted molar refractivity (Wildman–Crippen MR) is 353 cm³/mol. The maximum Gasteiger partial charge on any atom is 0.306 e. The van der Waals surface area contributed by atoms with E-state index in [1.807, 2.05) is 0 Å². The smallest absolute Gasteiger partial charge is 0.306 e. The molecule has 0 bridgehead atoms. The minimum absolute atomic E-state index is 0.0747. The second-order valence-corrected chi connectivity index (χ2v) is 24.1. The molecule has 0 aromatic rings. The maximum atomic E-state index is 12.9. The second-order valence-electron chi connectivity index (χ2n) is 24.1. The Hall–Kier alpha value is -2.89. The molecule has 0 aliphatic rings. The molecule has 1 atom stereocenters. The quantitative estimate of drug-likeness (QED) is 0.0261. The van der Waals surface area contributed by atoms with Crippen molar-refractivity contribution in [3.8, 4) is 0 Å². The van der Waals surface area contributed by atoms with Gasteiger partial charge in [-0.3, -0.25) is 14.4 Å². The summed E-state index contributed by atoms with van der Waals surface area (Å²) in [7, 11) is 0. The van der Waals surface area contributed by atoms with Gasteiger partial charge in [0.2, 0.25) is 0 Å². The van der Waals surface area contributed by atoms with Crippen molar-refractivity contribution in [2.75, 3.05) is 13.2 Å². The van der Waals surface area contributed by atoms with Gasteiger partial charge in [0.1, 0.15) is 13.2 Å². The Morgan fingerprint density at radius 3 is 0.728 bits per heavy atom. The largest absolute Gasteiger partial charge is 0.462 e. The van der Waals surface area contributed by atoms with E-state index in [0.717, 1.165) is 77.0 Å². The summed E-state index contributed by atoms with van der Waals surface area (Å²) in [6.45, 7) is 6.63. The van der Waals surface area contributed by atoms with E-state index in [1.54, 1.807) is 0 Å². The summed E-state index contributed by atoms with van der Waals surface area (Å²) < 4.78 is 17.0. The fourth-order valence-electron chi connectivity index (χ4n) is 10.6. The molecule has 0 fully saturated rings. The van der Waals surface area contributed by atoms with Gasteiger partial charge in [0.05, 0.1) is 0 Å². The molecule has 0 aliphatic carbocycles. The fraction of sp³-hybridized carbons (Fsp3) is 0.827. The summed E-state index contributed by atoms with van der Waals surface area (Å²) in [5.74, 6) is -0.866. The number of rotatable bonds is 66. The van der Waals surface area contributed by atoms with E-state index in [-0.39, 0.29) is 31.1 Å². The molecule has 6 heteroatoms. The van der Waals surface area contributed by atoms with Crippen LogP contribution in [-0.4, -0.2) is 37.2 Å². The third kappa shape index (κ3) is 67.8. The number of allylic oxidation sites excluding steroid dienone is 10. The first kappa shape index (κ1) is 78.1. The van der Waals surface area contributed by atoms with Crippen LogP contribution in [0.4, 0.5) is 0 Å². The summed E-state index contributed by atoms with van der Waals surface area (Å²) in [6.07, 6.45) is 89.7. The summed E-state index contributed by atoms with van der Waals surface area (Å²) in [5, 5.41) is 0. The lowest BCUT2D eigenvalue weighted by atomic mass is 10.0. The zero-order chi connectivity index (χ0) is 58.5. The lowest BCUT2D eigenvalue weighted by Crippen LogP contribution is -2.30. The highest BCUT2D eigenvalue weighted by Crippen LogP contribution is 2.18. The topological polar surface area (TPSA) is 78.9 Å². The van der Waals surface area contributed by atoms with Crippen molar-refractivity contribution in [3.05, 3.63) is 60.8 Å². The Kier molecular flexibility index (Phi) is 67.1. The highest BCUT2D eigenvalue weighted by atomic mass is 16.6. The zero-order valence-electron chi connectivity index (χ0n) is 54.3. The van der Waals surface area contributed by atoms with Crippen molar-refractivity contribution in [1.82, 2.24) is 0 Å². The van der Waals surface area contributed by atoms with Gasteiger partial charge >= 0.3 is 17.9 Å². The minimum Gasteiger partial charge on any atom is -0.462 e. The average Bonchev–Trinajstić information content (AvgIpc) is 3.46. The molecule has 0 aromatic carbocycles. The summed E-state index contributed by atoms with van der Waals surface area (Å²) >= 11 is 0. The van der Waals surface area contributed by atoms with Gasteiger partial charge < -0.3 is 14.2 Å². The highest BCUT2D eigenvalue weighted by molar-refractivity contribution is 5.71. The molecule has 81 heavy (non-hydrogen) atoms. The third-order valence-corrected chi connectivity index (χ3v) is 16.0. The van der Waals surface area contributed by atoms with E-state index >= 15 is 0 Å². The van der Waals surface area contributed by atoms with Gasteiger partial charge in [-0.2, -0.15) is 0 Å². The Bertz CT molecular complexity index is 1440. The number of esters is 3. The van der Waals surface area contributed by atoms with Gasteiger partial charge in [0.25, 0.3) is 0 Å². The Morgan fingerprint density at radius 1 is 0.247 bits per heavy atom. The third-order valence-electron chi connectivity index (χ3n) is 16.0. The monoisotopic (exact) mass is 1130 g/mol. The second kappa shape index (κ2) is 69.6. The molecule has 0 saturated heterocycles. The molecule has 0 radical (unpaired) electrons. The molecule has 0 amide bonds. The highest BCUT2D eigenvalue weighted by Gasteiger charge is 2.19. The number of hydrogen-bond donors (Lipinski definition) is 0. The molecule has 0 saturated carbocycles. The van der Waals surface area contributed by atoms with E-state index in [1.165, 1.54) is 263 Å². The summed E-state index contributed by atoms with van der Waals surface area (Å²) in [5.41, 5.74) is 0. The van der Waals surface area contributed by atoms with Gasteiger partial charge in [-0.05, 0) is 109 Å². The van der Waals surface area contributed by atoms with Crippen LogP contribution < -0.4 is 0 Å². The van der Waals surface area contributed by atoms with Crippen molar-refractivity contribution in [1.29, 1.82) is 0 Å². The van der Waals surface area contributed by atoms with E-state index in [0.29, 0.717) is 19.3 Å². The van der Waals surface area contributed by atoms with Gasteiger partial charge in [0, 0.05) is 19.3 Å². The van der Waals surface area contributed by atoms with Gasteiger partial charge in [0.15, 0.2) is 6.10 Å². The van der Waals surface area contributed by atoms with E-state index in [4.69, 9.17) is 14.2 Å². The van der Waals surface area contributed by atoms with Crippen LogP contribution in [0.1, 0.15) is 380 Å². The molecule has 0 N–H and O–H groups in total. The standard InChI is InChI=1S/C75H136O6/c1-4-7-10-13-16-19-22-25-27-29-31-32-33-34-35-36-37-38-39-40-41-42-44-45-47-50-53-56-59-62-65-68-74(77)80-71-72(70-79-73(76)67-64-61-58-55-52-49-24-21-18-15-12-9-6-3)81-75(78)69-66-63-60-57-54-51-48-46-43-30-28-26-23-20-17-14-11-8-5-2/h17,20-22,24-26,28-29,31,72H,4-16,18-19,23,27,30,32-71H2,1-3H3/b20-17-,24-21-,25-22-,28-26-,31-29-. The van der Waals surface area contributed by atoms with Crippen LogP contribution in [0.15, 0.2) is 60.8 Å². The lowest BCUT2D eigenvalue weighted by Gasteiger charge is -2.18. The zero-order valence-corrected chi connectivity index (χ0v) is 54.3. The van der Waals surface area contributed by atoms with Crippen molar-refractivity contribution >= 4 is 17.9 Å². The minimum atomic E-state index is -0.779. The van der Waals surface area contributed by atoms with Gasteiger partial charge in [-0.1, -0.05) is 313 Å². The number of unbranched alkanes of at least 4 members (excludes halogenated alkanes) is 45. The normalized spacial score (nSPS) is 12.4. The van der Waals surface area contributed by atoms with E-state index in [9.17, 15) is 14.4 Å². The lowest BCUT2D eigenvalue weighted by molar-refractivity contribution is -0.167. The molecule has 472 valence electrons. The average molecular weight is 1130 g/mol. The first-order chi connectivity index (χ1) is 40.0. The molecule has 6 nitrogen and oxygen atoms in total. The number of ether oxygens (including phenoxy) is 3. The first-order valence-electron chi connectivity index (χ1n) is 35.8. The molecule has 0 heterocycles. The molecule has 0 aliphatic heterocycles. The Balaban J connectivity index is 4.18. The number of carbonyl (C=O) groups is 3. The van der Waals surface area contributed by atoms with Crippen LogP contribution in [0.25, 0.3) is 0 Å². The summed E-state index contributed by atoms with van der Waals surface area (Å²) in [4.78, 5) is 38.4. The molecule has 0 aromatic heterocycles. The van der Waals surface area contributed by atoms with Crippen LogP contribution in [0.2, 0.25) is 0 Å². The molecule has 0 rings (SSSR count). The predicted octanol–water partition coefficient (Wildman–Crippen LogP) is 24.7. The molecular formula is C75H136O6. The van der Waals surface area contributed by atoms with Crippen LogP contribution in [0, 0.1) is 0 Å². The maximum absolute atomic E-state index is 12.9. The van der Waals surface area contributed by atoms with Gasteiger partial charge in [-0.25, -0.2) is 0 Å². The van der Waals surface area contributed by atoms with Crippen molar-refractivity contribution in [3.63, 3.8) is 0 Å². The first-order valence-corrected chi connectivity index (χ1v) is 35.8. The van der Waals surface area contributed by atoms with Crippen molar-refractivity contribution < 1.29 is 28.6 Å². The number of hydrogen-bond acceptors (Lipinski definition) is 6. The van der Waals surface area contributed by atoms with Gasteiger partial charge in [-0.15, -0.1) is 0 Å². The van der Waals surface area contributed by atoms with Crippen molar-refractivity contribution in [2.24, 2.45) is 0 Å². The molecule has 0 spiro atoms. The van der Waals surface area contributed by atoms with Crippen molar-refractivity contribution in [2.45, 2.75) is 386 Å². The molecular weight excluding hydrogens is 997 g/mol. The molecule has 1 unspecified atom stereocenters. The number of carbonyl (C=O) groups excluding carboxylic acids is 3. The SMILES string of the molecule is CCCCC/C=C\C/C=C\CCCCCCCCCCCC(=O)OC(COC(=O)CCCCCCC/C=C\CCCCCC)COC(=O)CCCCCCCCCCCCCCCCCCCCC/C=C\C/C=C\CCCCCCC. The Labute approximate surface area is 504 Å². The Morgan fingerprint density at radius 2 is 0.444 bits per heavy atom. The van der Waals surface area contributed by atoms with Crippen LogP contribution in [0.5, 0.6) is 0 Å². The van der Waals surface area contributed by atoms with Crippen LogP contribution in [0.3, 0.4) is 0 Å². The summed E-state index contributed by atoms with van der Waals surface area (Å²) in [6, 6.07) is 0. The van der Waals surface area contributed by atoms with Crippen LogP contribution in [-0.2, 0) is 28.6 Å².